The van der Waals surface area contributed by atoms with E-state index < -0.39 is 0 Å². The summed E-state index contributed by atoms with van der Waals surface area (Å²) in [6.07, 6.45) is 7.06. The van der Waals surface area contributed by atoms with E-state index in [1.54, 1.807) is 6.20 Å². The van der Waals surface area contributed by atoms with Gasteiger partial charge in [0, 0.05) is 24.4 Å². The number of nitrogens with two attached hydrogens (primary N) is 1. The molecular weight excluding hydrogens is 316 g/mol. The molecule has 0 atom stereocenters. The SMILES string of the molecule is CCCC(=O)C1CCC(n2c(N)nc3cnc(NC(C)C)nc32)CC1. The molecule has 0 aromatic carbocycles. The van der Waals surface area contributed by atoms with E-state index in [2.05, 4.69) is 27.2 Å². The number of imidazole rings is 1. The monoisotopic (exact) mass is 344 g/mol. The third kappa shape index (κ3) is 3.75. The molecule has 3 N–H and O–H groups in total. The van der Waals surface area contributed by atoms with Crippen LogP contribution in [0, 0.1) is 5.92 Å². The molecule has 7 nitrogen and oxygen atoms in total. The topological polar surface area (TPSA) is 98.7 Å². The van der Waals surface area contributed by atoms with Crippen molar-refractivity contribution in [3.05, 3.63) is 6.20 Å². The fourth-order valence-corrected chi connectivity index (χ4v) is 3.70. The van der Waals surface area contributed by atoms with Gasteiger partial charge in [0.2, 0.25) is 11.9 Å². The summed E-state index contributed by atoms with van der Waals surface area (Å²) >= 11 is 0. The van der Waals surface area contributed by atoms with Gasteiger partial charge in [0.25, 0.3) is 0 Å². The average Bonchev–Trinajstić information content (AvgIpc) is 2.90. The van der Waals surface area contributed by atoms with Gasteiger partial charge in [0.1, 0.15) is 11.3 Å². The number of hydrogen-bond acceptors (Lipinski definition) is 6. The van der Waals surface area contributed by atoms with Crippen LogP contribution in [0.1, 0.15) is 65.3 Å². The number of carbonyl (C=O) groups excluding carboxylic acids is 1. The lowest BCUT2D eigenvalue weighted by Crippen LogP contribution is -2.24. The van der Waals surface area contributed by atoms with E-state index in [4.69, 9.17) is 5.73 Å². The predicted octanol–water partition coefficient (Wildman–Crippen LogP) is 3.33. The molecule has 1 aliphatic rings. The first-order valence-electron chi connectivity index (χ1n) is 9.29. The number of nitrogen functional groups attached to an aromatic ring is 1. The summed E-state index contributed by atoms with van der Waals surface area (Å²) in [4.78, 5) is 25.5. The molecule has 1 aliphatic carbocycles. The van der Waals surface area contributed by atoms with E-state index in [1.165, 1.54) is 0 Å². The zero-order valence-electron chi connectivity index (χ0n) is 15.3. The fraction of sp³-hybridized carbons (Fsp3) is 0.667. The number of nitrogens with one attached hydrogen (secondary N) is 1. The summed E-state index contributed by atoms with van der Waals surface area (Å²) < 4.78 is 2.03. The number of Topliss-reactive ketones (excluding diaryl/α,β-unsaturated/α-hetero) is 1. The van der Waals surface area contributed by atoms with Gasteiger partial charge in [-0.05, 0) is 46.0 Å². The van der Waals surface area contributed by atoms with Crippen molar-refractivity contribution < 1.29 is 4.79 Å². The number of hydrogen-bond donors (Lipinski definition) is 2. The van der Waals surface area contributed by atoms with E-state index in [0.29, 0.717) is 24.1 Å². The van der Waals surface area contributed by atoms with Gasteiger partial charge < -0.3 is 11.1 Å². The molecule has 0 unspecified atom stereocenters. The zero-order valence-corrected chi connectivity index (χ0v) is 15.3. The Labute approximate surface area is 148 Å². The highest BCUT2D eigenvalue weighted by molar-refractivity contribution is 5.81. The van der Waals surface area contributed by atoms with Crippen LogP contribution in [0.5, 0.6) is 0 Å². The molecule has 2 aromatic rings. The Bertz CT molecular complexity index is 745. The molecule has 0 spiro atoms. The van der Waals surface area contributed by atoms with Gasteiger partial charge >= 0.3 is 0 Å². The minimum atomic E-state index is 0.208. The summed E-state index contributed by atoms with van der Waals surface area (Å²) in [5.41, 5.74) is 7.67. The maximum absolute atomic E-state index is 12.1. The van der Waals surface area contributed by atoms with Crippen molar-refractivity contribution in [2.45, 2.75) is 71.4 Å². The maximum Gasteiger partial charge on any atom is 0.224 e. The van der Waals surface area contributed by atoms with E-state index >= 15 is 0 Å². The van der Waals surface area contributed by atoms with Crippen molar-refractivity contribution >= 4 is 28.8 Å². The van der Waals surface area contributed by atoms with Crippen molar-refractivity contribution in [1.29, 1.82) is 0 Å². The lowest BCUT2D eigenvalue weighted by Gasteiger charge is -2.29. The minimum Gasteiger partial charge on any atom is -0.369 e. The highest BCUT2D eigenvalue weighted by Crippen LogP contribution is 2.36. The number of rotatable bonds is 6. The van der Waals surface area contributed by atoms with Crippen molar-refractivity contribution in [3.8, 4) is 0 Å². The predicted molar refractivity (Wildman–Crippen MR) is 99.4 cm³/mol. The summed E-state index contributed by atoms with van der Waals surface area (Å²) in [6, 6.07) is 0.503. The summed E-state index contributed by atoms with van der Waals surface area (Å²) in [5.74, 6) is 1.69. The Morgan fingerprint density at radius 2 is 2.04 bits per heavy atom. The second-order valence-electron chi connectivity index (χ2n) is 7.26. The van der Waals surface area contributed by atoms with E-state index in [-0.39, 0.29) is 18.0 Å². The Morgan fingerprint density at radius 3 is 2.68 bits per heavy atom. The van der Waals surface area contributed by atoms with E-state index in [1.807, 2.05) is 18.4 Å². The highest BCUT2D eigenvalue weighted by atomic mass is 16.1. The second kappa shape index (κ2) is 7.37. The normalized spacial score (nSPS) is 21.0. The van der Waals surface area contributed by atoms with Gasteiger partial charge in [-0.3, -0.25) is 9.36 Å². The number of ketones is 1. The molecule has 3 rings (SSSR count). The Kier molecular flexibility index (Phi) is 5.20. The first kappa shape index (κ1) is 17.6. The lowest BCUT2D eigenvalue weighted by atomic mass is 9.82. The average molecular weight is 344 g/mol. The summed E-state index contributed by atoms with van der Waals surface area (Å²) in [7, 11) is 0. The van der Waals surface area contributed by atoms with Crippen LogP contribution in [-0.2, 0) is 4.79 Å². The van der Waals surface area contributed by atoms with Crippen LogP contribution in [0.25, 0.3) is 11.2 Å². The molecule has 2 aromatic heterocycles. The molecule has 2 heterocycles. The number of nitrogens with zero attached hydrogens (tertiary/aromatic N) is 4. The van der Waals surface area contributed by atoms with Crippen LogP contribution in [-0.4, -0.2) is 31.3 Å². The molecule has 1 saturated carbocycles. The van der Waals surface area contributed by atoms with Crippen LogP contribution in [0.4, 0.5) is 11.9 Å². The van der Waals surface area contributed by atoms with Gasteiger partial charge in [0.05, 0.1) is 6.20 Å². The molecule has 136 valence electrons. The fourth-order valence-electron chi connectivity index (χ4n) is 3.70. The number of aromatic nitrogens is 4. The van der Waals surface area contributed by atoms with E-state index in [0.717, 1.165) is 43.3 Å². The highest BCUT2D eigenvalue weighted by Gasteiger charge is 2.28. The molecule has 1 fully saturated rings. The molecule has 0 bridgehead atoms. The summed E-state index contributed by atoms with van der Waals surface area (Å²) in [6.45, 7) is 6.16. The second-order valence-corrected chi connectivity index (χ2v) is 7.26. The van der Waals surface area contributed by atoms with Crippen molar-refractivity contribution in [2.24, 2.45) is 5.92 Å². The van der Waals surface area contributed by atoms with Crippen molar-refractivity contribution in [2.75, 3.05) is 11.1 Å². The summed E-state index contributed by atoms with van der Waals surface area (Å²) in [5, 5.41) is 3.22. The first-order valence-corrected chi connectivity index (χ1v) is 9.29. The quantitative estimate of drug-likeness (QED) is 0.834. The van der Waals surface area contributed by atoms with Crippen LogP contribution in [0.2, 0.25) is 0 Å². The number of anilines is 2. The maximum atomic E-state index is 12.1. The Hall–Kier alpha value is -2.18. The van der Waals surface area contributed by atoms with Gasteiger partial charge in [-0.1, -0.05) is 6.92 Å². The Morgan fingerprint density at radius 1 is 1.32 bits per heavy atom. The molecule has 0 amide bonds. The van der Waals surface area contributed by atoms with Gasteiger partial charge in [-0.2, -0.15) is 4.98 Å². The molecular formula is C18H28N6O. The minimum absolute atomic E-state index is 0.208. The molecule has 7 heteroatoms. The van der Waals surface area contributed by atoms with Crippen LogP contribution in [0.15, 0.2) is 6.20 Å². The first-order chi connectivity index (χ1) is 12.0. The third-order valence-electron chi connectivity index (χ3n) is 4.89. The van der Waals surface area contributed by atoms with Gasteiger partial charge in [-0.25, -0.2) is 9.97 Å². The van der Waals surface area contributed by atoms with Crippen LogP contribution in [0.3, 0.4) is 0 Å². The number of carbonyl (C=O) groups is 1. The van der Waals surface area contributed by atoms with E-state index in [9.17, 15) is 4.79 Å². The Balaban J connectivity index is 1.81. The standard InChI is InChI=1S/C18H28N6O/c1-4-5-15(25)12-6-8-13(9-7-12)24-16-14(22-17(24)19)10-20-18(23-16)21-11(2)3/h10-13H,4-9H2,1-3H3,(H2,19,22)(H,20,21,23). The largest absolute Gasteiger partial charge is 0.369 e. The molecule has 0 aliphatic heterocycles. The van der Waals surface area contributed by atoms with Gasteiger partial charge in [-0.15, -0.1) is 0 Å². The smallest absolute Gasteiger partial charge is 0.224 e. The molecule has 0 saturated heterocycles. The zero-order chi connectivity index (χ0) is 18.0. The van der Waals surface area contributed by atoms with Crippen molar-refractivity contribution in [3.63, 3.8) is 0 Å². The lowest BCUT2D eigenvalue weighted by molar-refractivity contribution is -0.124. The van der Waals surface area contributed by atoms with Crippen LogP contribution >= 0.6 is 0 Å². The van der Waals surface area contributed by atoms with Gasteiger partial charge in [0.15, 0.2) is 5.65 Å². The molecule has 0 radical (unpaired) electrons. The van der Waals surface area contributed by atoms with Crippen LogP contribution < -0.4 is 11.1 Å². The molecule has 25 heavy (non-hydrogen) atoms. The van der Waals surface area contributed by atoms with Crippen molar-refractivity contribution in [1.82, 2.24) is 19.5 Å². The number of fused-ring (bicyclic) bond motifs is 1. The third-order valence-corrected chi connectivity index (χ3v) is 4.89.